The van der Waals surface area contributed by atoms with Crippen molar-refractivity contribution in [1.29, 1.82) is 0 Å². The van der Waals surface area contributed by atoms with Crippen LogP contribution in [0.15, 0.2) is 29.1 Å². The number of piperazine rings is 1. The number of rotatable bonds is 2. The molecule has 0 amide bonds. The zero-order valence-electron chi connectivity index (χ0n) is 12.0. The molecule has 0 bridgehead atoms. The highest BCUT2D eigenvalue weighted by molar-refractivity contribution is 7.73. The number of halogens is 1. The Morgan fingerprint density at radius 2 is 1.78 bits per heavy atom. The predicted octanol–water partition coefficient (Wildman–Crippen LogP) is -0.0693. The van der Waals surface area contributed by atoms with E-state index < -0.39 is 16.0 Å². The first-order valence-corrected chi connectivity index (χ1v) is 8.36. The third-order valence-corrected chi connectivity index (χ3v) is 4.64. The smallest absolute Gasteiger partial charge is 0.340 e. The summed E-state index contributed by atoms with van der Waals surface area (Å²) in [5, 5.41) is 6.56. The molecular formula is C13H14ClN5O3S. The van der Waals surface area contributed by atoms with Crippen molar-refractivity contribution in [2.24, 2.45) is 0 Å². The van der Waals surface area contributed by atoms with Crippen LogP contribution in [-0.2, 0) is 10.3 Å². The Balaban J connectivity index is 1.76. The summed E-state index contributed by atoms with van der Waals surface area (Å²) in [6, 6.07) is 7.50. The van der Waals surface area contributed by atoms with Gasteiger partial charge in [-0.3, -0.25) is 9.88 Å². The fraction of sp³-hybridized carbons (Fsp3) is 0.308. The first-order chi connectivity index (χ1) is 11.0. The zero-order chi connectivity index (χ0) is 16.4. The molecule has 23 heavy (non-hydrogen) atoms. The number of benzene rings is 1. The summed E-state index contributed by atoms with van der Waals surface area (Å²) >= 11 is 5.88. The van der Waals surface area contributed by atoms with Crippen molar-refractivity contribution in [3.8, 4) is 0 Å². The summed E-state index contributed by atoms with van der Waals surface area (Å²) in [4.78, 5) is 17.4. The lowest BCUT2D eigenvalue weighted by atomic mass is 10.2. The minimum Gasteiger partial charge on any atom is -0.369 e. The van der Waals surface area contributed by atoms with Gasteiger partial charge in [-0.1, -0.05) is 11.6 Å². The molecule has 1 aliphatic rings. The van der Waals surface area contributed by atoms with E-state index in [1.165, 1.54) is 0 Å². The van der Waals surface area contributed by atoms with Gasteiger partial charge in [-0.25, -0.2) is 9.89 Å². The van der Waals surface area contributed by atoms with Crippen molar-refractivity contribution in [3.63, 3.8) is 0 Å². The second-order valence-corrected chi connectivity index (χ2v) is 6.31. The lowest BCUT2D eigenvalue weighted by molar-refractivity contribution is 0.389. The van der Waals surface area contributed by atoms with Crippen molar-refractivity contribution in [3.05, 3.63) is 45.6 Å². The molecule has 10 heteroatoms. The van der Waals surface area contributed by atoms with Crippen LogP contribution in [-0.4, -0.2) is 59.7 Å². The standard InChI is InChI=1S/C13H14ClN5O3S/c14-9-1-3-10(4-2-9)18-5-7-19(8-6-18)12(23(21)22)11-15-13(20)17-16-11/h1-4H,5-8H2,(H2,15,16,17,20). The van der Waals surface area contributed by atoms with Crippen LogP contribution in [0.5, 0.6) is 0 Å². The number of aromatic amines is 2. The van der Waals surface area contributed by atoms with E-state index in [1.807, 2.05) is 24.3 Å². The summed E-state index contributed by atoms with van der Waals surface area (Å²) in [5.41, 5.74) is 0.495. The molecule has 2 heterocycles. The van der Waals surface area contributed by atoms with Crippen LogP contribution in [0.2, 0.25) is 5.02 Å². The van der Waals surface area contributed by atoms with Gasteiger partial charge in [-0.2, -0.15) is 13.5 Å². The van der Waals surface area contributed by atoms with Crippen LogP contribution < -0.4 is 10.6 Å². The monoisotopic (exact) mass is 355 g/mol. The Morgan fingerprint density at radius 1 is 1.13 bits per heavy atom. The van der Waals surface area contributed by atoms with Crippen molar-refractivity contribution in [1.82, 2.24) is 20.1 Å². The van der Waals surface area contributed by atoms with Gasteiger partial charge in [0.25, 0.3) is 0 Å². The van der Waals surface area contributed by atoms with Crippen LogP contribution in [0.3, 0.4) is 0 Å². The first kappa shape index (κ1) is 15.8. The summed E-state index contributed by atoms with van der Waals surface area (Å²) in [5.74, 6) is 0.0308. The molecule has 0 atom stereocenters. The molecule has 1 aromatic heterocycles. The Hall–Kier alpha value is -2.10. The Labute approximate surface area is 138 Å². The average molecular weight is 356 g/mol. The van der Waals surface area contributed by atoms with E-state index in [9.17, 15) is 13.2 Å². The van der Waals surface area contributed by atoms with E-state index >= 15 is 0 Å². The lowest BCUT2D eigenvalue weighted by Crippen LogP contribution is -2.49. The molecule has 122 valence electrons. The third kappa shape index (κ3) is 3.46. The second kappa shape index (κ2) is 6.57. The van der Waals surface area contributed by atoms with Crippen LogP contribution in [0.25, 0.3) is 0 Å². The Kier molecular flexibility index (Phi) is 4.51. The largest absolute Gasteiger partial charge is 0.369 e. The normalized spacial score (nSPS) is 15.6. The fourth-order valence-electron chi connectivity index (χ4n) is 2.53. The molecule has 0 unspecified atom stereocenters. The SMILES string of the molecule is O=c1[nH]nc(C(N2CCN(c3ccc(Cl)cc3)CC2)=S(=O)=O)[nH]1. The van der Waals surface area contributed by atoms with Gasteiger partial charge in [0.15, 0.2) is 10.8 Å². The number of aromatic nitrogens is 3. The van der Waals surface area contributed by atoms with Gasteiger partial charge in [-0.05, 0) is 24.3 Å². The van der Waals surface area contributed by atoms with Gasteiger partial charge in [0, 0.05) is 36.9 Å². The maximum absolute atomic E-state index is 11.5. The molecule has 0 spiro atoms. The molecule has 1 aliphatic heterocycles. The van der Waals surface area contributed by atoms with Crippen LogP contribution in [0.1, 0.15) is 5.82 Å². The first-order valence-electron chi connectivity index (χ1n) is 6.91. The summed E-state index contributed by atoms with van der Waals surface area (Å²) in [7, 11) is -2.49. The molecule has 8 nitrogen and oxygen atoms in total. The molecule has 1 saturated heterocycles. The van der Waals surface area contributed by atoms with Crippen molar-refractivity contribution < 1.29 is 8.42 Å². The van der Waals surface area contributed by atoms with Crippen molar-refractivity contribution in [2.75, 3.05) is 31.1 Å². The van der Waals surface area contributed by atoms with Gasteiger partial charge in [0.05, 0.1) is 0 Å². The average Bonchev–Trinajstić information content (AvgIpc) is 2.95. The highest BCUT2D eigenvalue weighted by Crippen LogP contribution is 2.19. The number of hydrogen-bond acceptors (Lipinski definition) is 5. The zero-order valence-corrected chi connectivity index (χ0v) is 13.6. The van der Waals surface area contributed by atoms with Crippen molar-refractivity contribution >= 4 is 32.6 Å². The van der Waals surface area contributed by atoms with Gasteiger partial charge in [0.1, 0.15) is 0 Å². The number of nitrogens with zero attached hydrogens (tertiary/aromatic N) is 3. The minimum absolute atomic E-state index is 0.000828. The van der Waals surface area contributed by atoms with E-state index in [0.717, 1.165) is 5.69 Å². The highest BCUT2D eigenvalue weighted by atomic mass is 35.5. The topological polar surface area (TPSA) is 102 Å². The number of anilines is 1. The maximum Gasteiger partial charge on any atom is 0.340 e. The summed E-state index contributed by atoms with van der Waals surface area (Å²) < 4.78 is 23.0. The van der Waals surface area contributed by atoms with Crippen LogP contribution in [0.4, 0.5) is 5.69 Å². The van der Waals surface area contributed by atoms with E-state index in [2.05, 4.69) is 20.1 Å². The highest BCUT2D eigenvalue weighted by Gasteiger charge is 2.25. The summed E-state index contributed by atoms with van der Waals surface area (Å²) in [6.07, 6.45) is 0. The lowest BCUT2D eigenvalue weighted by Gasteiger charge is -2.35. The van der Waals surface area contributed by atoms with Gasteiger partial charge in [0.2, 0.25) is 10.3 Å². The molecule has 1 fully saturated rings. The van der Waals surface area contributed by atoms with Gasteiger partial charge >= 0.3 is 5.69 Å². The van der Waals surface area contributed by atoms with E-state index in [-0.39, 0.29) is 10.8 Å². The van der Waals surface area contributed by atoms with E-state index in [1.54, 1.807) is 4.90 Å². The van der Waals surface area contributed by atoms with E-state index in [0.29, 0.717) is 31.2 Å². The molecular weight excluding hydrogens is 342 g/mol. The molecule has 0 saturated carbocycles. The third-order valence-electron chi connectivity index (χ3n) is 3.62. The quantitative estimate of drug-likeness (QED) is 0.731. The molecule has 2 aromatic rings. The molecule has 1 aromatic carbocycles. The number of hydrogen-bond donors (Lipinski definition) is 2. The molecule has 0 aliphatic carbocycles. The predicted molar refractivity (Wildman–Crippen MR) is 87.5 cm³/mol. The van der Waals surface area contributed by atoms with Crippen LogP contribution in [0, 0.1) is 0 Å². The molecule has 3 rings (SSSR count). The Bertz CT molecular complexity index is 871. The molecule has 2 N–H and O–H groups in total. The van der Waals surface area contributed by atoms with Gasteiger partial charge < -0.3 is 4.90 Å². The van der Waals surface area contributed by atoms with E-state index in [4.69, 9.17) is 11.6 Å². The second-order valence-electron chi connectivity index (χ2n) is 5.02. The summed E-state index contributed by atoms with van der Waals surface area (Å²) in [6.45, 7) is 2.30. The Morgan fingerprint density at radius 3 is 2.30 bits per heavy atom. The number of nitrogens with one attached hydrogen (secondary N) is 2. The van der Waals surface area contributed by atoms with Crippen LogP contribution >= 0.6 is 11.6 Å². The molecule has 0 radical (unpaired) electrons. The van der Waals surface area contributed by atoms with Crippen molar-refractivity contribution in [2.45, 2.75) is 0 Å². The fourth-order valence-corrected chi connectivity index (χ4v) is 3.30. The maximum atomic E-state index is 11.5. The van der Waals surface area contributed by atoms with Gasteiger partial charge in [-0.15, -0.1) is 0 Å². The number of H-pyrrole nitrogens is 2. The minimum atomic E-state index is -2.49.